The average Bonchev–Trinajstić information content (AvgIpc) is 2.69. The number of rotatable bonds is 3. The number of carbonyl (C=O) groups is 3. The summed E-state index contributed by atoms with van der Waals surface area (Å²) < 4.78 is 25.0. The molecular weight excluding hydrogens is 240 g/mol. The number of Topliss-reactive ketones (excluding diaryl/α,β-unsaturated/α-hetero) is 1. The van der Waals surface area contributed by atoms with Gasteiger partial charge in [-0.25, -0.2) is 9.59 Å². The maximum Gasteiger partial charge on any atom is 0.379 e. The second-order valence-corrected chi connectivity index (χ2v) is 4.50. The zero-order chi connectivity index (χ0) is 12.3. The number of carbonyl (C=O) groups excluding carboxylic acids is 3. The molecule has 1 saturated heterocycles. The summed E-state index contributed by atoms with van der Waals surface area (Å²) >= 11 is 0. The van der Waals surface area contributed by atoms with E-state index in [4.69, 9.17) is 4.74 Å². The zero-order valence-corrected chi connectivity index (χ0v) is 9.50. The van der Waals surface area contributed by atoms with Crippen molar-refractivity contribution in [3.05, 3.63) is 0 Å². The van der Waals surface area contributed by atoms with E-state index in [1.807, 2.05) is 0 Å². The second kappa shape index (κ2) is 4.71. The predicted molar refractivity (Wildman–Crippen MR) is 50.7 cm³/mol. The third-order valence-corrected chi connectivity index (χ3v) is 3.67. The van der Waals surface area contributed by atoms with Crippen LogP contribution in [0.3, 0.4) is 0 Å². The van der Waals surface area contributed by atoms with Crippen LogP contribution in [0, 0.1) is 0 Å². The Balaban J connectivity index is 3.15. The van der Waals surface area contributed by atoms with Crippen molar-refractivity contribution in [1.29, 1.82) is 0 Å². The summed E-state index contributed by atoms with van der Waals surface area (Å²) in [6.45, 7) is -0.0650. The molecule has 0 radical (unpaired) electrons. The van der Waals surface area contributed by atoms with E-state index >= 15 is 0 Å². The lowest BCUT2D eigenvalue weighted by atomic mass is 10.2. The van der Waals surface area contributed by atoms with Gasteiger partial charge in [-0.1, -0.05) is 0 Å². The van der Waals surface area contributed by atoms with Gasteiger partial charge in [-0.15, -0.1) is 0 Å². The van der Waals surface area contributed by atoms with Gasteiger partial charge >= 0.3 is 16.9 Å². The summed E-state index contributed by atoms with van der Waals surface area (Å²) in [6, 6.07) is 0. The van der Waals surface area contributed by atoms with Crippen molar-refractivity contribution < 1.29 is 32.8 Å². The molecule has 0 aromatic rings. The monoisotopic (exact) mass is 250 g/mol. The van der Waals surface area contributed by atoms with E-state index in [0.717, 1.165) is 14.2 Å². The fourth-order valence-corrected chi connectivity index (χ4v) is 2.54. The number of ether oxygens (including phenoxy) is 3. The van der Waals surface area contributed by atoms with E-state index in [0.29, 0.717) is 0 Å². The minimum absolute atomic E-state index is 0.0160. The molecule has 0 spiro atoms. The summed E-state index contributed by atoms with van der Waals surface area (Å²) in [5.74, 6) is -3.77. The molecule has 1 rings (SSSR count). The molecule has 1 aliphatic rings. The molecule has 0 saturated carbocycles. The zero-order valence-electron chi connectivity index (χ0n) is 8.68. The standard InChI is InChI=1S/C8H10O7S/c1-13-6(10)5(9)8(7(11)14-2)15-3-4-16(8)12/h3-4H2,1-2H3/t8-,16?/m1/s1. The first-order chi connectivity index (χ1) is 7.50. The van der Waals surface area contributed by atoms with Crippen LogP contribution >= 0.6 is 0 Å². The molecule has 0 N–H and O–H groups in total. The molecule has 0 aromatic heterocycles. The summed E-state index contributed by atoms with van der Waals surface area (Å²) in [6.07, 6.45) is 0. The highest BCUT2D eigenvalue weighted by molar-refractivity contribution is 7.88. The Bertz CT molecular complexity index is 363. The molecule has 1 unspecified atom stereocenters. The molecule has 1 heterocycles. The van der Waals surface area contributed by atoms with Crippen LogP contribution in [0.2, 0.25) is 0 Å². The normalized spacial score (nSPS) is 28.5. The Labute approximate surface area is 93.5 Å². The van der Waals surface area contributed by atoms with Crippen LogP contribution in [0.5, 0.6) is 0 Å². The van der Waals surface area contributed by atoms with Crippen molar-refractivity contribution in [3.63, 3.8) is 0 Å². The van der Waals surface area contributed by atoms with E-state index in [2.05, 4.69) is 9.47 Å². The Hall–Kier alpha value is -1.28. The minimum Gasteiger partial charge on any atom is -0.466 e. The lowest BCUT2D eigenvalue weighted by molar-refractivity contribution is -0.169. The molecule has 0 aliphatic carbocycles. The van der Waals surface area contributed by atoms with E-state index < -0.39 is 33.5 Å². The summed E-state index contributed by atoms with van der Waals surface area (Å²) in [5.41, 5.74) is 0. The maximum atomic E-state index is 11.6. The number of ketones is 1. The van der Waals surface area contributed by atoms with Crippen LogP contribution in [0.1, 0.15) is 0 Å². The van der Waals surface area contributed by atoms with Gasteiger partial charge in [0.05, 0.1) is 37.4 Å². The molecule has 0 amide bonds. The van der Waals surface area contributed by atoms with Crippen molar-refractivity contribution in [3.8, 4) is 0 Å². The SMILES string of the molecule is COC(=O)C(=O)[C@@]1(C(=O)OC)OCCS1=O. The topological polar surface area (TPSA) is 96.0 Å². The van der Waals surface area contributed by atoms with Gasteiger partial charge in [0.2, 0.25) is 0 Å². The van der Waals surface area contributed by atoms with Gasteiger partial charge in [-0.2, -0.15) is 0 Å². The van der Waals surface area contributed by atoms with Crippen LogP contribution in [-0.2, 0) is 39.4 Å². The number of hydrogen-bond acceptors (Lipinski definition) is 7. The summed E-state index contributed by atoms with van der Waals surface area (Å²) in [7, 11) is 0.0341. The second-order valence-electron chi connectivity index (χ2n) is 2.83. The van der Waals surface area contributed by atoms with Crippen LogP contribution < -0.4 is 0 Å². The average molecular weight is 250 g/mol. The van der Waals surface area contributed by atoms with E-state index in [1.165, 1.54) is 0 Å². The highest BCUT2D eigenvalue weighted by atomic mass is 32.2. The summed E-state index contributed by atoms with van der Waals surface area (Å²) in [5, 5.41) is 0. The van der Waals surface area contributed by atoms with E-state index in [9.17, 15) is 18.6 Å². The van der Waals surface area contributed by atoms with Crippen LogP contribution in [0.25, 0.3) is 0 Å². The predicted octanol–water partition coefficient (Wildman–Crippen LogP) is -1.62. The highest BCUT2D eigenvalue weighted by Gasteiger charge is 2.60. The molecule has 2 atom stereocenters. The van der Waals surface area contributed by atoms with Gasteiger partial charge in [-0.3, -0.25) is 9.00 Å². The molecule has 16 heavy (non-hydrogen) atoms. The number of hydrogen-bond donors (Lipinski definition) is 0. The molecule has 1 aliphatic heterocycles. The molecule has 90 valence electrons. The van der Waals surface area contributed by atoms with Gasteiger partial charge in [0.25, 0.3) is 5.78 Å². The Morgan fingerprint density at radius 1 is 1.25 bits per heavy atom. The fourth-order valence-electron chi connectivity index (χ4n) is 1.25. The molecule has 0 aromatic carbocycles. The van der Waals surface area contributed by atoms with Gasteiger partial charge in [0.1, 0.15) is 0 Å². The van der Waals surface area contributed by atoms with Crippen molar-refractivity contribution in [2.75, 3.05) is 26.6 Å². The Morgan fingerprint density at radius 2 is 1.88 bits per heavy atom. The smallest absolute Gasteiger partial charge is 0.379 e. The molecule has 0 bridgehead atoms. The summed E-state index contributed by atoms with van der Waals surface area (Å²) in [4.78, 5) is 31.8. The third-order valence-electron chi connectivity index (χ3n) is 2.02. The van der Waals surface area contributed by atoms with Gasteiger partial charge in [0.15, 0.2) is 0 Å². The first kappa shape index (κ1) is 12.8. The highest BCUT2D eigenvalue weighted by Crippen LogP contribution is 2.26. The van der Waals surface area contributed by atoms with Crippen molar-refractivity contribution in [2.24, 2.45) is 0 Å². The van der Waals surface area contributed by atoms with E-state index in [-0.39, 0.29) is 12.4 Å². The van der Waals surface area contributed by atoms with Crippen LogP contribution in [0.4, 0.5) is 0 Å². The Kier molecular flexibility index (Phi) is 3.76. The maximum absolute atomic E-state index is 11.6. The minimum atomic E-state index is -2.36. The first-order valence-corrected chi connectivity index (χ1v) is 5.56. The van der Waals surface area contributed by atoms with Crippen molar-refractivity contribution in [2.45, 2.75) is 4.93 Å². The largest absolute Gasteiger partial charge is 0.466 e. The third kappa shape index (κ3) is 1.74. The van der Waals surface area contributed by atoms with Gasteiger partial charge in [-0.05, 0) is 0 Å². The van der Waals surface area contributed by atoms with Gasteiger partial charge in [0, 0.05) is 0 Å². The first-order valence-electron chi connectivity index (χ1n) is 4.24. The number of methoxy groups -OCH3 is 2. The molecule has 1 fully saturated rings. The van der Waals surface area contributed by atoms with Crippen LogP contribution in [0.15, 0.2) is 0 Å². The quantitative estimate of drug-likeness (QED) is 0.337. The van der Waals surface area contributed by atoms with Crippen molar-refractivity contribution in [1.82, 2.24) is 0 Å². The van der Waals surface area contributed by atoms with Crippen LogP contribution in [-0.4, -0.2) is 53.4 Å². The van der Waals surface area contributed by atoms with E-state index in [1.54, 1.807) is 0 Å². The lowest BCUT2D eigenvalue weighted by Gasteiger charge is -2.20. The van der Waals surface area contributed by atoms with Gasteiger partial charge < -0.3 is 14.2 Å². The molecule has 8 heteroatoms. The lowest BCUT2D eigenvalue weighted by Crippen LogP contribution is -2.53. The molecule has 7 nitrogen and oxygen atoms in total. The molecular formula is C8H10O7S. The fraction of sp³-hybridized carbons (Fsp3) is 0.625. The van der Waals surface area contributed by atoms with Crippen molar-refractivity contribution >= 4 is 28.5 Å². The number of esters is 2. The Morgan fingerprint density at radius 3 is 2.25 bits per heavy atom.